The summed E-state index contributed by atoms with van der Waals surface area (Å²) in [5.74, 6) is 1.29. The van der Waals surface area contributed by atoms with Crippen LogP contribution in [0.2, 0.25) is 5.02 Å². The van der Waals surface area contributed by atoms with Crippen LogP contribution in [0.4, 0.5) is 5.95 Å². The number of piperazine rings is 1. The van der Waals surface area contributed by atoms with Crippen molar-refractivity contribution in [1.29, 1.82) is 0 Å². The number of rotatable bonds is 3. The molecule has 4 rings (SSSR count). The van der Waals surface area contributed by atoms with Crippen LogP contribution in [0, 0.1) is 0 Å². The zero-order valence-electron chi connectivity index (χ0n) is 14.6. The highest BCUT2D eigenvalue weighted by molar-refractivity contribution is 14.0. The molecule has 0 radical (unpaired) electrons. The Morgan fingerprint density at radius 1 is 1.11 bits per heavy atom. The Morgan fingerprint density at radius 2 is 1.85 bits per heavy atom. The van der Waals surface area contributed by atoms with E-state index in [1.807, 2.05) is 35.0 Å². The first-order valence-electron chi connectivity index (χ1n) is 8.39. The predicted molar refractivity (Wildman–Crippen MR) is 117 cm³/mol. The van der Waals surface area contributed by atoms with Gasteiger partial charge in [0.2, 0.25) is 5.95 Å². The lowest BCUT2D eigenvalue weighted by Crippen LogP contribution is -2.51. The van der Waals surface area contributed by atoms with Crippen molar-refractivity contribution >= 4 is 53.1 Å². The number of nitrogens with two attached hydrogens (primary N) is 1. The van der Waals surface area contributed by atoms with E-state index in [1.165, 1.54) is 0 Å². The highest BCUT2D eigenvalue weighted by Gasteiger charge is 2.19. The fraction of sp³-hybridized carbons (Fsp3) is 0.294. The maximum atomic E-state index is 6.17. The van der Waals surface area contributed by atoms with Gasteiger partial charge in [-0.2, -0.15) is 0 Å². The van der Waals surface area contributed by atoms with Crippen molar-refractivity contribution in [2.45, 2.75) is 6.54 Å². The van der Waals surface area contributed by atoms with Gasteiger partial charge < -0.3 is 19.9 Å². The van der Waals surface area contributed by atoms with Gasteiger partial charge in [0.15, 0.2) is 5.96 Å². The zero-order valence-corrected chi connectivity index (χ0v) is 17.7. The van der Waals surface area contributed by atoms with Crippen LogP contribution < -0.4 is 10.6 Å². The molecule has 0 aromatic carbocycles. The number of imidazole rings is 1. The fourth-order valence-corrected chi connectivity index (χ4v) is 3.11. The number of hydrogen-bond acceptors (Lipinski definition) is 5. The Kier molecular flexibility index (Phi) is 6.32. The van der Waals surface area contributed by atoms with Crippen molar-refractivity contribution < 1.29 is 0 Å². The standard InChI is InChI=1S/C17H19ClN8.HI/c18-13-2-3-15-23-14(12-26(15)11-13)10-22-16(19)24-6-8-25(9-7-24)17-20-4-1-5-21-17;/h1-5,11-12H,6-10H2,(H2,19,22);1H. The molecular formula is C17H20ClIN8. The normalized spacial score (nSPS) is 15.1. The summed E-state index contributed by atoms with van der Waals surface area (Å²) in [5, 5.41) is 0.671. The molecule has 1 aliphatic rings. The largest absolute Gasteiger partial charge is 0.370 e. The Bertz CT molecular complexity index is 921. The SMILES string of the molecule is I.NC(=NCc1cn2cc(Cl)ccc2n1)N1CCN(c2ncccn2)CC1. The molecule has 0 unspecified atom stereocenters. The fourth-order valence-electron chi connectivity index (χ4n) is 2.95. The topological polar surface area (TPSA) is 87.9 Å². The number of fused-ring (bicyclic) bond motifs is 1. The number of guanidine groups is 1. The summed E-state index contributed by atoms with van der Waals surface area (Å²) >= 11 is 6.00. The molecule has 0 spiro atoms. The summed E-state index contributed by atoms with van der Waals surface area (Å²) in [6, 6.07) is 5.52. The molecule has 142 valence electrons. The van der Waals surface area contributed by atoms with Gasteiger partial charge in [-0.3, -0.25) is 0 Å². The second-order valence-electron chi connectivity index (χ2n) is 6.04. The van der Waals surface area contributed by atoms with Crippen LogP contribution in [-0.2, 0) is 6.54 Å². The van der Waals surface area contributed by atoms with Crippen LogP contribution in [0.25, 0.3) is 5.65 Å². The van der Waals surface area contributed by atoms with E-state index in [2.05, 4.69) is 29.7 Å². The van der Waals surface area contributed by atoms with Gasteiger partial charge in [0, 0.05) is 51.0 Å². The Morgan fingerprint density at radius 3 is 2.59 bits per heavy atom. The van der Waals surface area contributed by atoms with Gasteiger partial charge in [0.05, 0.1) is 17.3 Å². The van der Waals surface area contributed by atoms with Crippen LogP contribution in [-0.4, -0.2) is 56.4 Å². The molecule has 0 aliphatic carbocycles. The first-order valence-corrected chi connectivity index (χ1v) is 8.77. The summed E-state index contributed by atoms with van der Waals surface area (Å²) in [5.41, 5.74) is 7.86. The van der Waals surface area contributed by atoms with Crippen LogP contribution in [0.5, 0.6) is 0 Å². The third kappa shape index (κ3) is 4.59. The van der Waals surface area contributed by atoms with Gasteiger partial charge in [-0.1, -0.05) is 11.6 Å². The first-order chi connectivity index (χ1) is 12.7. The average molecular weight is 499 g/mol. The molecule has 27 heavy (non-hydrogen) atoms. The van der Waals surface area contributed by atoms with Gasteiger partial charge in [-0.05, 0) is 18.2 Å². The van der Waals surface area contributed by atoms with Crippen LogP contribution >= 0.6 is 35.6 Å². The maximum absolute atomic E-state index is 6.17. The highest BCUT2D eigenvalue weighted by atomic mass is 127. The number of nitrogens with zero attached hydrogens (tertiary/aromatic N) is 7. The molecule has 3 aromatic heterocycles. The zero-order chi connectivity index (χ0) is 17.9. The van der Waals surface area contributed by atoms with E-state index >= 15 is 0 Å². The van der Waals surface area contributed by atoms with Gasteiger partial charge in [0.1, 0.15) is 5.65 Å². The number of aliphatic imine (C=N–C) groups is 1. The van der Waals surface area contributed by atoms with Gasteiger partial charge in [-0.25, -0.2) is 19.9 Å². The molecule has 3 aromatic rings. The second-order valence-corrected chi connectivity index (χ2v) is 6.48. The van der Waals surface area contributed by atoms with Crippen LogP contribution in [0.1, 0.15) is 5.69 Å². The summed E-state index contributed by atoms with van der Waals surface area (Å²) in [6.45, 7) is 3.63. The van der Waals surface area contributed by atoms with Crippen molar-refractivity contribution in [3.8, 4) is 0 Å². The van der Waals surface area contributed by atoms with Crippen molar-refractivity contribution in [2.24, 2.45) is 10.7 Å². The summed E-state index contributed by atoms with van der Waals surface area (Å²) in [6.07, 6.45) is 7.26. The second kappa shape index (κ2) is 8.70. The molecule has 2 N–H and O–H groups in total. The smallest absolute Gasteiger partial charge is 0.225 e. The van der Waals surface area contributed by atoms with Crippen LogP contribution in [0.3, 0.4) is 0 Å². The number of anilines is 1. The number of halogens is 2. The van der Waals surface area contributed by atoms with E-state index in [-0.39, 0.29) is 24.0 Å². The van der Waals surface area contributed by atoms with Crippen molar-refractivity contribution in [3.63, 3.8) is 0 Å². The third-order valence-electron chi connectivity index (χ3n) is 4.31. The van der Waals surface area contributed by atoms with Gasteiger partial charge in [-0.15, -0.1) is 24.0 Å². The monoisotopic (exact) mass is 498 g/mol. The van der Waals surface area contributed by atoms with Gasteiger partial charge in [0.25, 0.3) is 0 Å². The molecule has 0 saturated carbocycles. The average Bonchev–Trinajstić information content (AvgIpc) is 3.09. The Balaban J connectivity index is 0.00000210. The van der Waals surface area contributed by atoms with Crippen LogP contribution in [0.15, 0.2) is 48.0 Å². The summed E-state index contributed by atoms with van der Waals surface area (Å²) in [7, 11) is 0. The minimum atomic E-state index is 0. The van der Waals surface area contributed by atoms with E-state index in [9.17, 15) is 0 Å². The lowest BCUT2D eigenvalue weighted by Gasteiger charge is -2.35. The first kappa shape index (κ1) is 19.6. The van der Waals surface area contributed by atoms with Crippen molar-refractivity contribution in [1.82, 2.24) is 24.3 Å². The molecule has 1 fully saturated rings. The molecule has 0 atom stereocenters. The molecular weight excluding hydrogens is 479 g/mol. The molecule has 8 nitrogen and oxygen atoms in total. The molecule has 10 heteroatoms. The number of hydrogen-bond donors (Lipinski definition) is 1. The lowest BCUT2D eigenvalue weighted by atomic mass is 10.3. The summed E-state index contributed by atoms with van der Waals surface area (Å²) in [4.78, 5) is 21.8. The molecule has 4 heterocycles. The van der Waals surface area contributed by atoms with E-state index in [0.29, 0.717) is 17.5 Å². The minimum absolute atomic E-state index is 0. The predicted octanol–water partition coefficient (Wildman–Crippen LogP) is 2.03. The highest BCUT2D eigenvalue weighted by Crippen LogP contribution is 2.13. The lowest BCUT2D eigenvalue weighted by molar-refractivity contribution is 0.378. The maximum Gasteiger partial charge on any atom is 0.225 e. The molecule has 1 aliphatic heterocycles. The van der Waals surface area contributed by atoms with Crippen molar-refractivity contribution in [2.75, 3.05) is 31.1 Å². The molecule has 0 bridgehead atoms. The van der Waals surface area contributed by atoms with E-state index < -0.39 is 0 Å². The van der Waals surface area contributed by atoms with E-state index in [4.69, 9.17) is 17.3 Å². The van der Waals surface area contributed by atoms with E-state index in [1.54, 1.807) is 12.4 Å². The van der Waals surface area contributed by atoms with Gasteiger partial charge >= 0.3 is 0 Å². The van der Waals surface area contributed by atoms with Crippen molar-refractivity contribution in [3.05, 3.63) is 53.7 Å². The molecule has 0 amide bonds. The van der Waals surface area contributed by atoms with E-state index in [0.717, 1.165) is 43.5 Å². The number of pyridine rings is 1. The third-order valence-corrected chi connectivity index (χ3v) is 4.53. The minimum Gasteiger partial charge on any atom is -0.370 e. The quantitative estimate of drug-likeness (QED) is 0.338. The number of aromatic nitrogens is 4. The Hall–Kier alpha value is -2.14. The molecule has 1 saturated heterocycles. The summed E-state index contributed by atoms with van der Waals surface area (Å²) < 4.78 is 1.89. The Labute approximate surface area is 179 Å².